The molecule has 31 heteroatoms. The normalized spacial score (nSPS) is 10.3. The van der Waals surface area contributed by atoms with Gasteiger partial charge in [0.05, 0.1) is 88.1 Å². The lowest BCUT2D eigenvalue weighted by molar-refractivity contribution is -0.146. The van der Waals surface area contributed by atoms with E-state index >= 15 is 0 Å². The highest BCUT2D eigenvalue weighted by Crippen LogP contribution is 2.21. The van der Waals surface area contributed by atoms with Crippen LogP contribution in [0.15, 0.2) is 85.0 Å². The van der Waals surface area contributed by atoms with Gasteiger partial charge in [0.1, 0.15) is 46.9 Å². The smallest absolute Gasteiger partial charge is 0.352 e. The lowest BCUT2D eigenvalue weighted by atomic mass is 10.1. The summed E-state index contributed by atoms with van der Waals surface area (Å²) in [6.07, 6.45) is 6.65. The fraction of sp³-hybridized carbons (Fsp3) is 0.439. The topological polar surface area (TPSA) is 492 Å². The average Bonchev–Trinajstić information content (AvgIpc) is 1.79. The molecule has 7 aromatic heterocycles. The molecule has 0 atom stereocenters. The predicted octanol–water partition coefficient (Wildman–Crippen LogP) is 8.06. The highest BCUT2D eigenvalue weighted by atomic mass is 16.5. The number of aliphatic hydroxyl groups is 1. The van der Waals surface area contributed by atoms with Crippen LogP contribution >= 0.6 is 0 Å². The molecule has 31 nitrogen and oxygen atoms in total. The minimum Gasteiger partial charge on any atom is -0.500 e. The molecule has 0 radical (unpaired) electrons. The van der Waals surface area contributed by atoms with E-state index in [1.807, 2.05) is 96.1 Å². The van der Waals surface area contributed by atoms with E-state index < -0.39 is 11.9 Å². The summed E-state index contributed by atoms with van der Waals surface area (Å²) in [6.45, 7) is 29.9. The van der Waals surface area contributed by atoms with Crippen LogP contribution in [0.5, 0.6) is 0 Å². The second kappa shape index (κ2) is 46.2. The van der Waals surface area contributed by atoms with Crippen molar-refractivity contribution in [3.63, 3.8) is 0 Å². The Morgan fingerprint density at radius 1 is 0.639 bits per heavy atom. The van der Waals surface area contributed by atoms with Crippen LogP contribution in [0.1, 0.15) is 189 Å². The third kappa shape index (κ3) is 29.9. The molecule has 0 fully saturated rings. The Morgan fingerprint density at radius 3 is 1.49 bits per heavy atom. The number of rotatable bonds is 17. The molecular weight excluding hydrogens is 1250 g/mol. The minimum absolute atomic E-state index is 0.00894. The van der Waals surface area contributed by atoms with Gasteiger partial charge in [-0.25, -0.2) is 24.5 Å². The van der Waals surface area contributed by atoms with Gasteiger partial charge in [0.15, 0.2) is 28.8 Å². The first-order chi connectivity index (χ1) is 45.9. The maximum atomic E-state index is 11.4. The second-order valence-corrected chi connectivity index (χ2v) is 21.9. The van der Waals surface area contributed by atoms with Crippen molar-refractivity contribution in [1.29, 1.82) is 10.5 Å². The number of aromatic amines is 1. The first-order valence-electron chi connectivity index (χ1n) is 30.7. The van der Waals surface area contributed by atoms with Gasteiger partial charge in [-0.3, -0.25) is 36.0 Å². The number of hydrogen-bond acceptors (Lipinski definition) is 27. The number of carbonyl (C=O) groups excluding carboxylic acids is 6. The van der Waals surface area contributed by atoms with Crippen molar-refractivity contribution in [2.45, 2.75) is 147 Å². The zero-order valence-corrected chi connectivity index (χ0v) is 58.6. The number of carbonyl (C=O) groups is 6. The predicted molar refractivity (Wildman–Crippen MR) is 368 cm³/mol. The number of nitrogen functional groups attached to an aromatic ring is 4. The fourth-order valence-corrected chi connectivity index (χ4v) is 6.85. The Hall–Kier alpha value is -10.9. The molecule has 8 rings (SSSR count). The molecular formula is C66H97N19O12. The Kier molecular flexibility index (Phi) is 41.0. The van der Waals surface area contributed by atoms with Crippen molar-refractivity contribution in [3.8, 4) is 12.1 Å². The zero-order chi connectivity index (χ0) is 74.1. The number of fused-ring (bicyclic) bond motifs is 3. The number of aromatic nitrogens is 11. The monoisotopic (exact) mass is 1350 g/mol. The quantitative estimate of drug-likeness (QED) is 0.00624. The van der Waals surface area contributed by atoms with E-state index in [0.717, 1.165) is 34.6 Å². The van der Waals surface area contributed by atoms with E-state index in [2.05, 4.69) is 98.8 Å². The number of hydrazine groups is 1. The SMILES string of the molecule is CC(C)C(=O)CC#N.CC(C)c1cc(N)n[nH]1.CC(C)c1cc2ncc(C=O)c(N)n2n1.CC(C)c1cc2ncc(CO)c(N)n2n1.CCO/C=C(/C#N)C(=O)OCC.CCOC(=O)C(C)C.COC(=O)Cc1ccccc1.COC(=O)c1cnc2cc(C(C)C)nn2c1N.NN. The van der Waals surface area contributed by atoms with Gasteiger partial charge in [-0.05, 0) is 50.0 Å². The number of nitrogens with one attached hydrogen (secondary N) is 1. The summed E-state index contributed by atoms with van der Waals surface area (Å²) < 4.78 is 27.7. The van der Waals surface area contributed by atoms with Gasteiger partial charge < -0.3 is 51.7 Å². The molecule has 0 amide bonds. The van der Waals surface area contributed by atoms with Crippen LogP contribution in [0.4, 0.5) is 23.3 Å². The summed E-state index contributed by atoms with van der Waals surface area (Å²) in [6, 6.07) is 20.5. The van der Waals surface area contributed by atoms with E-state index in [1.54, 1.807) is 57.5 Å². The largest absolute Gasteiger partial charge is 0.500 e. The molecule has 0 unspecified atom stereocenters. The summed E-state index contributed by atoms with van der Waals surface area (Å²) in [5, 5.41) is 45.1. The molecule has 8 aromatic rings. The molecule has 0 saturated carbocycles. The number of nitrogens with two attached hydrogens (primary N) is 6. The maximum absolute atomic E-state index is 11.4. The number of hydrogen-bond donors (Lipinski definition) is 8. The Morgan fingerprint density at radius 2 is 1.13 bits per heavy atom. The van der Waals surface area contributed by atoms with Crippen molar-refractivity contribution >= 4 is 76.2 Å². The number of Topliss-reactive ketones (excluding diaryl/α,β-unsaturated/α-hetero) is 1. The van der Waals surface area contributed by atoms with Crippen LogP contribution in [0.3, 0.4) is 0 Å². The van der Waals surface area contributed by atoms with Crippen molar-refractivity contribution in [1.82, 2.24) is 54.0 Å². The number of nitrogens with zero attached hydrogens (tertiary/aromatic N) is 12. The van der Waals surface area contributed by atoms with Crippen molar-refractivity contribution in [3.05, 3.63) is 130 Å². The third-order valence-electron chi connectivity index (χ3n) is 12.5. The number of ether oxygens (including phenoxy) is 5. The number of aliphatic hydroxyl groups excluding tert-OH is 1. The fourth-order valence-electron chi connectivity index (χ4n) is 6.85. The number of aldehydes is 1. The number of benzene rings is 1. The molecule has 1 aromatic carbocycles. The van der Waals surface area contributed by atoms with Gasteiger partial charge >= 0.3 is 23.9 Å². The standard InChI is InChI=1S/C11H14N4O2.C10H14N4O.C10H12N4O.C9H10O2.C8H11NO3.C6H11N3.C6H9NO.C6H12O2.H4N2/c1-6(2)8-4-9-13-5-7(11(16)17-3)10(12)15(9)14-8;2*1-6(2)8-3-9-12-4-7(5-15)10(11)14(9)13-8;1-11-9(10)7-8-5-3-2-4-6-8;1-3-11-6-7(5-9)8(10)12-4-2;1-4(2)5-3-6(7)9-8-5;1-5(2)6(8)3-4-7;1-4-8-6(7)5(2)3;1-2/h4-6H,12H2,1-3H3;3-4,6,15H,5,11H2,1-2H3;3-6H,11H2,1-2H3;2-6H,7H2,1H3;6H,3-4H2,1-2H3;3-4H,1-2H3,(H3,7,8,9);5H,3H2,1-2H3;5H,4H2,1-3H3;1-2H2/b;;;;7-6-;;;;. The van der Waals surface area contributed by atoms with Gasteiger partial charge in [-0.2, -0.15) is 44.5 Å². The summed E-state index contributed by atoms with van der Waals surface area (Å²) >= 11 is 0. The van der Waals surface area contributed by atoms with Gasteiger partial charge in [0.25, 0.3) is 0 Å². The maximum Gasteiger partial charge on any atom is 0.352 e. The van der Waals surface area contributed by atoms with E-state index in [-0.39, 0.29) is 72.1 Å². The number of nitriles is 2. The Bertz CT molecular complexity index is 3820. The van der Waals surface area contributed by atoms with E-state index in [9.17, 15) is 28.8 Å². The molecule has 0 aliphatic heterocycles. The molecule has 0 aliphatic rings. The first kappa shape index (κ1) is 86.1. The number of H-pyrrole nitrogens is 1. The highest BCUT2D eigenvalue weighted by molar-refractivity contribution is 5.94. The molecule has 0 aliphatic carbocycles. The number of anilines is 4. The number of ketones is 1. The van der Waals surface area contributed by atoms with Crippen molar-refractivity contribution in [2.24, 2.45) is 23.5 Å². The molecule has 14 N–H and O–H groups in total. The number of methoxy groups -OCH3 is 2. The van der Waals surface area contributed by atoms with Crippen LogP contribution in [-0.2, 0) is 55.9 Å². The molecule has 0 spiro atoms. The van der Waals surface area contributed by atoms with Crippen molar-refractivity contribution < 1.29 is 57.6 Å². The highest BCUT2D eigenvalue weighted by Gasteiger charge is 2.17. The van der Waals surface area contributed by atoms with E-state index in [4.69, 9.17) is 43.3 Å². The van der Waals surface area contributed by atoms with Gasteiger partial charge in [-0.15, -0.1) is 0 Å². The Labute approximate surface area is 565 Å². The van der Waals surface area contributed by atoms with Crippen molar-refractivity contribution in [2.75, 3.05) is 57.0 Å². The van der Waals surface area contributed by atoms with Crippen LogP contribution < -0.4 is 34.6 Å². The summed E-state index contributed by atoms with van der Waals surface area (Å²) in [4.78, 5) is 77.2. The first-order valence-corrected chi connectivity index (χ1v) is 30.7. The number of esters is 4. The van der Waals surface area contributed by atoms with Crippen LogP contribution in [-0.4, -0.2) is 129 Å². The summed E-state index contributed by atoms with van der Waals surface area (Å²) in [7, 11) is 2.69. The van der Waals surface area contributed by atoms with Crippen LogP contribution in [0.25, 0.3) is 16.9 Å². The third-order valence-corrected chi connectivity index (χ3v) is 12.5. The second-order valence-electron chi connectivity index (χ2n) is 21.9. The minimum atomic E-state index is -0.645. The molecule has 7 heterocycles. The summed E-state index contributed by atoms with van der Waals surface area (Å²) in [5.41, 5.74) is 30.8. The molecule has 0 saturated heterocycles. The molecule has 0 bridgehead atoms. The average molecular weight is 1350 g/mol. The van der Waals surface area contributed by atoms with Gasteiger partial charge in [-0.1, -0.05) is 113 Å². The lowest BCUT2D eigenvalue weighted by Crippen LogP contribution is -2.11. The van der Waals surface area contributed by atoms with Crippen LogP contribution in [0, 0.1) is 34.5 Å². The molecule has 97 heavy (non-hydrogen) atoms. The lowest BCUT2D eigenvalue weighted by Gasteiger charge is -2.04. The Balaban J connectivity index is 0.00000110. The molecule has 528 valence electrons. The van der Waals surface area contributed by atoms with Gasteiger partial charge in [0.2, 0.25) is 0 Å². The summed E-state index contributed by atoms with van der Waals surface area (Å²) in [5.74, 6) is 9.57. The zero-order valence-electron chi connectivity index (χ0n) is 58.6. The van der Waals surface area contributed by atoms with E-state index in [1.165, 1.54) is 35.6 Å². The van der Waals surface area contributed by atoms with Gasteiger partial charge in [0, 0.05) is 60.0 Å². The van der Waals surface area contributed by atoms with E-state index in [0.29, 0.717) is 89.2 Å². The van der Waals surface area contributed by atoms with Crippen LogP contribution in [0.2, 0.25) is 0 Å².